The summed E-state index contributed by atoms with van der Waals surface area (Å²) in [7, 11) is 0. The lowest BCUT2D eigenvalue weighted by atomic mass is 9.96. The first kappa shape index (κ1) is 29.1. The molecule has 0 radical (unpaired) electrons. The minimum absolute atomic E-state index is 0.0299. The van der Waals surface area contributed by atoms with Crippen LogP contribution < -0.4 is 16.4 Å². The van der Waals surface area contributed by atoms with Gasteiger partial charge in [0, 0.05) is 13.1 Å². The predicted molar refractivity (Wildman–Crippen MR) is 142 cm³/mol. The van der Waals surface area contributed by atoms with Crippen molar-refractivity contribution >= 4 is 47.2 Å². The van der Waals surface area contributed by atoms with Crippen LogP contribution in [0, 0.1) is 0 Å². The van der Waals surface area contributed by atoms with Crippen molar-refractivity contribution in [2.75, 3.05) is 13.1 Å². The van der Waals surface area contributed by atoms with Crippen LogP contribution in [-0.4, -0.2) is 53.6 Å². The van der Waals surface area contributed by atoms with E-state index in [0.29, 0.717) is 24.1 Å². The first-order chi connectivity index (χ1) is 17.9. The molecule has 1 aliphatic heterocycles. The van der Waals surface area contributed by atoms with Crippen molar-refractivity contribution < 1.29 is 28.7 Å². The molecule has 1 heterocycles. The van der Waals surface area contributed by atoms with E-state index >= 15 is 0 Å². The number of nitrogens with zero attached hydrogens (tertiary/aromatic N) is 1. The average molecular weight is 565 g/mol. The molecule has 10 nitrogen and oxygen atoms in total. The second-order valence-corrected chi connectivity index (χ2v) is 10.5. The van der Waals surface area contributed by atoms with E-state index in [4.69, 9.17) is 38.4 Å². The molecule has 3 rings (SSSR count). The largest absolute Gasteiger partial charge is 0.459 e. The topological polar surface area (TPSA) is 140 Å². The monoisotopic (exact) mass is 564 g/mol. The first-order valence-electron chi connectivity index (χ1n) is 11.9. The molecule has 4 N–H and O–H groups in total. The lowest BCUT2D eigenvalue weighted by molar-refractivity contribution is -0.147. The summed E-state index contributed by atoms with van der Waals surface area (Å²) in [5.74, 6) is -1.51. The molecule has 2 aromatic rings. The molecule has 204 valence electrons. The summed E-state index contributed by atoms with van der Waals surface area (Å²) in [6.07, 6.45) is -0.0904. The van der Waals surface area contributed by atoms with Crippen LogP contribution in [0.2, 0.25) is 10.0 Å². The molecule has 1 atom stereocenters. The second-order valence-electron chi connectivity index (χ2n) is 9.70. The van der Waals surface area contributed by atoms with Gasteiger partial charge in [0.25, 0.3) is 5.91 Å². The summed E-state index contributed by atoms with van der Waals surface area (Å²) >= 11 is 13.0. The third-order valence-electron chi connectivity index (χ3n) is 5.58. The number of ether oxygens (including phenoxy) is 2. The Morgan fingerprint density at radius 2 is 1.82 bits per heavy atom. The van der Waals surface area contributed by atoms with E-state index in [2.05, 4.69) is 10.6 Å². The molecular formula is C26H30Cl2N4O6. The highest BCUT2D eigenvalue weighted by Gasteiger charge is 2.31. The molecule has 0 fully saturated rings. The van der Waals surface area contributed by atoms with E-state index < -0.39 is 35.6 Å². The normalized spacial score (nSPS) is 13.7. The van der Waals surface area contributed by atoms with Gasteiger partial charge in [0.05, 0.1) is 22.2 Å². The molecule has 0 unspecified atom stereocenters. The minimum atomic E-state index is -1.26. The SMILES string of the molecule is CC(C)(C)OC(=O)N1CCc2c(cc(Cl)c(C(=O)N[C@@H](CNC(N)=O)C(=O)OCc3ccccc3)c2Cl)C1. The number of esters is 1. The van der Waals surface area contributed by atoms with Gasteiger partial charge in [0.15, 0.2) is 0 Å². The molecule has 1 aliphatic rings. The number of carbonyl (C=O) groups is 4. The van der Waals surface area contributed by atoms with Crippen LogP contribution in [0.3, 0.4) is 0 Å². The number of hydrogen-bond acceptors (Lipinski definition) is 6. The predicted octanol–water partition coefficient (Wildman–Crippen LogP) is 3.80. The standard InChI is InChI=1S/C26H30Cl2N4O6/c1-26(2,3)38-25(36)32-10-9-17-16(13-32)11-18(27)20(21(17)28)22(33)31-19(12-30-24(29)35)23(34)37-14-15-7-5-4-6-8-15/h4-8,11,19H,9-10,12-14H2,1-3H3,(H,31,33)(H3,29,30,35)/t19-/m0/s1. The fraction of sp³-hybridized carbons (Fsp3) is 0.385. The van der Waals surface area contributed by atoms with Gasteiger partial charge in [-0.1, -0.05) is 53.5 Å². The van der Waals surface area contributed by atoms with Gasteiger partial charge in [-0.3, -0.25) is 4.79 Å². The Labute approximate surface area is 230 Å². The Morgan fingerprint density at radius 1 is 1.13 bits per heavy atom. The van der Waals surface area contributed by atoms with Crippen molar-refractivity contribution in [3.8, 4) is 0 Å². The van der Waals surface area contributed by atoms with Crippen LogP contribution in [0.25, 0.3) is 0 Å². The Bertz CT molecular complexity index is 1220. The van der Waals surface area contributed by atoms with Crippen molar-refractivity contribution in [3.05, 3.63) is 68.7 Å². The zero-order valence-corrected chi connectivity index (χ0v) is 22.8. The van der Waals surface area contributed by atoms with E-state index in [9.17, 15) is 19.2 Å². The van der Waals surface area contributed by atoms with Gasteiger partial charge in [-0.15, -0.1) is 0 Å². The van der Waals surface area contributed by atoms with Gasteiger partial charge < -0.3 is 30.7 Å². The zero-order chi connectivity index (χ0) is 28.0. The molecule has 4 amide bonds. The molecule has 0 saturated heterocycles. The molecule has 12 heteroatoms. The van der Waals surface area contributed by atoms with Crippen LogP contribution in [0.4, 0.5) is 9.59 Å². The van der Waals surface area contributed by atoms with Gasteiger partial charge >= 0.3 is 18.1 Å². The number of fused-ring (bicyclic) bond motifs is 1. The molecule has 0 aromatic heterocycles. The number of nitrogens with two attached hydrogens (primary N) is 1. The van der Waals surface area contributed by atoms with Crippen LogP contribution in [-0.2, 0) is 33.8 Å². The summed E-state index contributed by atoms with van der Waals surface area (Å²) in [6, 6.07) is 8.40. The number of primary amides is 1. The summed E-state index contributed by atoms with van der Waals surface area (Å²) in [5.41, 5.74) is 6.57. The highest BCUT2D eigenvalue weighted by atomic mass is 35.5. The van der Waals surface area contributed by atoms with Gasteiger partial charge in [-0.2, -0.15) is 0 Å². The van der Waals surface area contributed by atoms with E-state index in [1.165, 1.54) is 4.90 Å². The fourth-order valence-corrected chi connectivity index (χ4v) is 4.56. The van der Waals surface area contributed by atoms with Crippen molar-refractivity contribution in [2.24, 2.45) is 5.73 Å². The Hall–Kier alpha value is -3.50. The maximum Gasteiger partial charge on any atom is 0.410 e. The van der Waals surface area contributed by atoms with Crippen molar-refractivity contribution in [1.29, 1.82) is 0 Å². The zero-order valence-electron chi connectivity index (χ0n) is 21.3. The van der Waals surface area contributed by atoms with Crippen molar-refractivity contribution in [2.45, 2.75) is 52.0 Å². The number of urea groups is 1. The third kappa shape index (κ3) is 7.75. The molecule has 0 spiro atoms. The van der Waals surface area contributed by atoms with E-state index in [-0.39, 0.29) is 35.3 Å². The molecule has 2 aromatic carbocycles. The van der Waals surface area contributed by atoms with Gasteiger partial charge in [0.1, 0.15) is 18.2 Å². The number of halogens is 2. The van der Waals surface area contributed by atoms with Crippen LogP contribution in [0.5, 0.6) is 0 Å². The maximum absolute atomic E-state index is 13.2. The van der Waals surface area contributed by atoms with Crippen molar-refractivity contribution in [3.63, 3.8) is 0 Å². The molecular weight excluding hydrogens is 535 g/mol. The molecule has 0 bridgehead atoms. The van der Waals surface area contributed by atoms with Crippen LogP contribution in [0.1, 0.15) is 47.8 Å². The van der Waals surface area contributed by atoms with Crippen LogP contribution >= 0.6 is 23.2 Å². The highest BCUT2D eigenvalue weighted by Crippen LogP contribution is 2.35. The number of rotatable bonds is 7. The lowest BCUT2D eigenvalue weighted by Gasteiger charge is -2.32. The quantitative estimate of drug-likeness (QED) is 0.437. The van der Waals surface area contributed by atoms with Crippen LogP contribution in [0.15, 0.2) is 36.4 Å². The van der Waals surface area contributed by atoms with Crippen molar-refractivity contribution in [1.82, 2.24) is 15.5 Å². The Kier molecular flexibility index (Phi) is 9.45. The van der Waals surface area contributed by atoms with E-state index in [0.717, 1.165) is 5.56 Å². The summed E-state index contributed by atoms with van der Waals surface area (Å²) in [5, 5.41) is 4.99. The maximum atomic E-state index is 13.2. The molecule has 0 aliphatic carbocycles. The van der Waals surface area contributed by atoms with Gasteiger partial charge in [-0.05, 0) is 49.9 Å². The number of benzene rings is 2. The number of amides is 4. The number of nitrogens with one attached hydrogen (secondary N) is 2. The highest BCUT2D eigenvalue weighted by molar-refractivity contribution is 6.40. The first-order valence-corrected chi connectivity index (χ1v) is 12.6. The number of hydrogen-bond donors (Lipinski definition) is 3. The molecule has 38 heavy (non-hydrogen) atoms. The smallest absolute Gasteiger partial charge is 0.410 e. The Morgan fingerprint density at radius 3 is 2.45 bits per heavy atom. The van der Waals surface area contributed by atoms with Gasteiger partial charge in [-0.25, -0.2) is 14.4 Å². The summed E-state index contributed by atoms with van der Waals surface area (Å²) in [6.45, 7) is 5.56. The Balaban J connectivity index is 1.76. The van der Waals surface area contributed by atoms with E-state index in [1.54, 1.807) is 51.1 Å². The van der Waals surface area contributed by atoms with E-state index in [1.807, 2.05) is 6.07 Å². The average Bonchev–Trinajstić information content (AvgIpc) is 2.84. The summed E-state index contributed by atoms with van der Waals surface area (Å²) in [4.78, 5) is 51.3. The minimum Gasteiger partial charge on any atom is -0.459 e. The number of carbonyl (C=O) groups excluding carboxylic acids is 4. The molecule has 0 saturated carbocycles. The lowest BCUT2D eigenvalue weighted by Crippen LogP contribution is -2.50. The summed E-state index contributed by atoms with van der Waals surface area (Å²) < 4.78 is 10.8. The third-order valence-corrected chi connectivity index (χ3v) is 6.29. The fourth-order valence-electron chi connectivity index (χ4n) is 3.80. The second kappa shape index (κ2) is 12.4. The van der Waals surface area contributed by atoms with Gasteiger partial charge in [0.2, 0.25) is 0 Å².